The van der Waals surface area contributed by atoms with Crippen LogP contribution in [0.15, 0.2) is 10.9 Å². The lowest BCUT2D eigenvalue weighted by atomic mass is 10.1. The summed E-state index contributed by atoms with van der Waals surface area (Å²) in [4.78, 5) is 35.0. The topological polar surface area (TPSA) is 78.5 Å². The van der Waals surface area contributed by atoms with Crippen LogP contribution >= 0.6 is 0 Å². The molecule has 2 saturated heterocycles. The lowest BCUT2D eigenvalue weighted by molar-refractivity contribution is -0.135. The van der Waals surface area contributed by atoms with Crippen molar-refractivity contribution >= 4 is 5.91 Å². The lowest BCUT2D eigenvalue weighted by Crippen LogP contribution is -2.47. The van der Waals surface area contributed by atoms with Gasteiger partial charge in [-0.05, 0) is 26.2 Å². The van der Waals surface area contributed by atoms with Gasteiger partial charge in [0.15, 0.2) is 0 Å². The van der Waals surface area contributed by atoms with Crippen LogP contribution in [-0.4, -0.2) is 65.0 Å². The number of rotatable bonds is 3. The van der Waals surface area contributed by atoms with Crippen molar-refractivity contribution in [3.8, 4) is 0 Å². The average Bonchev–Trinajstić information content (AvgIpc) is 2.55. The maximum Gasteiger partial charge on any atom is 0.251 e. The smallest absolute Gasteiger partial charge is 0.251 e. The maximum absolute atomic E-state index is 12.4. The standard InChI is InChI=1S/C16H24N4O3/c1-12-17-13(9-15(21)18-12)14-10-19(7-8-23-14)11-16(22)20-5-3-2-4-6-20/h9,14H,2-8,10-11H2,1H3,(H,17,18,21). The number of morpholine rings is 1. The van der Waals surface area contributed by atoms with Crippen molar-refractivity contribution in [3.63, 3.8) is 0 Å². The second-order valence-electron chi connectivity index (χ2n) is 6.29. The van der Waals surface area contributed by atoms with Crippen molar-refractivity contribution in [2.75, 3.05) is 39.3 Å². The second-order valence-corrected chi connectivity index (χ2v) is 6.29. The summed E-state index contributed by atoms with van der Waals surface area (Å²) in [7, 11) is 0. The largest absolute Gasteiger partial charge is 0.369 e. The molecule has 7 nitrogen and oxygen atoms in total. The number of aryl methyl sites for hydroxylation is 1. The SMILES string of the molecule is Cc1nc(C2CN(CC(=O)N3CCCCC3)CCO2)cc(=O)[nH]1. The van der Waals surface area contributed by atoms with E-state index in [1.807, 2.05) is 4.90 Å². The Balaban J connectivity index is 1.61. The van der Waals surface area contributed by atoms with Crippen LogP contribution in [0.5, 0.6) is 0 Å². The molecule has 2 aliphatic rings. The number of aromatic amines is 1. The minimum absolute atomic E-state index is 0.169. The Morgan fingerprint density at radius 1 is 1.35 bits per heavy atom. The summed E-state index contributed by atoms with van der Waals surface area (Å²) in [6.45, 7) is 5.80. The van der Waals surface area contributed by atoms with E-state index in [9.17, 15) is 9.59 Å². The van der Waals surface area contributed by atoms with E-state index >= 15 is 0 Å². The zero-order valence-corrected chi connectivity index (χ0v) is 13.6. The van der Waals surface area contributed by atoms with Gasteiger partial charge < -0.3 is 14.6 Å². The third kappa shape index (κ3) is 4.17. The molecule has 3 rings (SSSR count). The van der Waals surface area contributed by atoms with Crippen LogP contribution in [0.3, 0.4) is 0 Å². The molecule has 2 fully saturated rings. The van der Waals surface area contributed by atoms with Crippen LogP contribution in [0, 0.1) is 6.92 Å². The van der Waals surface area contributed by atoms with Crippen LogP contribution in [0.25, 0.3) is 0 Å². The molecule has 2 aliphatic heterocycles. The average molecular weight is 320 g/mol. The number of hydrogen-bond donors (Lipinski definition) is 1. The summed E-state index contributed by atoms with van der Waals surface area (Å²) in [6, 6.07) is 1.48. The van der Waals surface area contributed by atoms with Gasteiger partial charge in [0.25, 0.3) is 5.56 Å². The predicted octanol–water partition coefficient (Wildman–Crippen LogP) is 0.464. The second kappa shape index (κ2) is 7.23. The molecule has 1 atom stereocenters. The fraction of sp³-hybridized carbons (Fsp3) is 0.688. The van der Waals surface area contributed by atoms with Gasteiger partial charge in [-0.1, -0.05) is 0 Å². The van der Waals surface area contributed by atoms with Crippen molar-refractivity contribution in [1.82, 2.24) is 19.8 Å². The first-order valence-corrected chi connectivity index (χ1v) is 8.31. The fourth-order valence-electron chi connectivity index (χ4n) is 3.23. The first-order chi connectivity index (χ1) is 11.1. The van der Waals surface area contributed by atoms with Gasteiger partial charge in [-0.3, -0.25) is 14.5 Å². The predicted molar refractivity (Wildman–Crippen MR) is 85.2 cm³/mol. The van der Waals surface area contributed by atoms with Crippen molar-refractivity contribution in [3.05, 3.63) is 27.9 Å². The van der Waals surface area contributed by atoms with Crippen molar-refractivity contribution in [1.29, 1.82) is 0 Å². The van der Waals surface area contributed by atoms with E-state index in [4.69, 9.17) is 4.74 Å². The zero-order valence-electron chi connectivity index (χ0n) is 13.6. The van der Waals surface area contributed by atoms with Gasteiger partial charge in [-0.15, -0.1) is 0 Å². The minimum atomic E-state index is -0.251. The molecule has 1 aromatic rings. The Morgan fingerprint density at radius 3 is 2.87 bits per heavy atom. The lowest BCUT2D eigenvalue weighted by Gasteiger charge is -2.34. The maximum atomic E-state index is 12.4. The molecule has 0 radical (unpaired) electrons. The number of ether oxygens (including phenoxy) is 1. The van der Waals surface area contributed by atoms with Gasteiger partial charge in [-0.2, -0.15) is 0 Å². The minimum Gasteiger partial charge on any atom is -0.369 e. The summed E-state index contributed by atoms with van der Waals surface area (Å²) in [5.74, 6) is 0.776. The molecule has 1 aromatic heterocycles. The molecule has 1 N–H and O–H groups in total. The van der Waals surface area contributed by atoms with Gasteiger partial charge in [0, 0.05) is 32.2 Å². The number of aromatic nitrogens is 2. The van der Waals surface area contributed by atoms with Crippen LogP contribution < -0.4 is 5.56 Å². The van der Waals surface area contributed by atoms with Crippen LogP contribution in [0.2, 0.25) is 0 Å². The monoisotopic (exact) mass is 320 g/mol. The normalized spacial score (nSPS) is 23.0. The summed E-state index contributed by atoms with van der Waals surface area (Å²) in [5.41, 5.74) is 0.471. The van der Waals surface area contributed by atoms with Gasteiger partial charge >= 0.3 is 0 Å². The number of likely N-dealkylation sites (tertiary alicyclic amines) is 1. The van der Waals surface area contributed by atoms with Crippen molar-refractivity contribution in [2.24, 2.45) is 0 Å². The van der Waals surface area contributed by atoms with Gasteiger partial charge in [0.2, 0.25) is 5.91 Å². The van der Waals surface area contributed by atoms with Crippen molar-refractivity contribution in [2.45, 2.75) is 32.3 Å². The highest BCUT2D eigenvalue weighted by atomic mass is 16.5. The first-order valence-electron chi connectivity index (χ1n) is 8.31. The van der Waals surface area contributed by atoms with Gasteiger partial charge in [-0.25, -0.2) is 4.98 Å². The van der Waals surface area contributed by atoms with Gasteiger partial charge in [0.05, 0.1) is 18.8 Å². The number of carbonyl (C=O) groups excluding carboxylic acids is 1. The van der Waals surface area contributed by atoms with E-state index < -0.39 is 0 Å². The number of H-pyrrole nitrogens is 1. The molecule has 0 spiro atoms. The van der Waals surface area contributed by atoms with E-state index in [2.05, 4.69) is 14.9 Å². The number of piperidine rings is 1. The molecule has 23 heavy (non-hydrogen) atoms. The van der Waals surface area contributed by atoms with Gasteiger partial charge in [0.1, 0.15) is 11.9 Å². The quantitative estimate of drug-likeness (QED) is 0.875. The first kappa shape index (κ1) is 16.1. The Labute approximate surface area is 135 Å². The highest BCUT2D eigenvalue weighted by molar-refractivity contribution is 5.78. The van der Waals surface area contributed by atoms with E-state index in [1.165, 1.54) is 12.5 Å². The highest BCUT2D eigenvalue weighted by Crippen LogP contribution is 2.20. The number of nitrogens with zero attached hydrogens (tertiary/aromatic N) is 3. The molecule has 3 heterocycles. The summed E-state index contributed by atoms with van der Waals surface area (Å²) < 4.78 is 5.75. The molecule has 7 heteroatoms. The third-order valence-corrected chi connectivity index (χ3v) is 4.43. The molecule has 1 unspecified atom stereocenters. The number of carbonyl (C=O) groups is 1. The molecule has 126 valence electrons. The Kier molecular flexibility index (Phi) is 5.07. The molecule has 0 aliphatic carbocycles. The van der Waals surface area contributed by atoms with Crippen LogP contribution in [0.1, 0.15) is 36.9 Å². The van der Waals surface area contributed by atoms with E-state index in [1.54, 1.807) is 6.92 Å². The van der Waals surface area contributed by atoms with E-state index in [-0.39, 0.29) is 17.6 Å². The summed E-state index contributed by atoms with van der Waals surface area (Å²) >= 11 is 0. The number of nitrogens with one attached hydrogen (secondary N) is 1. The van der Waals surface area contributed by atoms with E-state index in [0.29, 0.717) is 31.2 Å². The van der Waals surface area contributed by atoms with Crippen LogP contribution in [-0.2, 0) is 9.53 Å². The Morgan fingerprint density at radius 2 is 2.13 bits per heavy atom. The van der Waals surface area contributed by atoms with E-state index in [0.717, 1.165) is 32.5 Å². The Bertz CT molecular complexity index is 610. The molecule has 0 bridgehead atoms. The molecule has 1 amide bonds. The molecular weight excluding hydrogens is 296 g/mol. The third-order valence-electron chi connectivity index (χ3n) is 4.43. The Hall–Kier alpha value is -1.73. The zero-order chi connectivity index (χ0) is 16.2. The molecule has 0 aromatic carbocycles. The summed E-state index contributed by atoms with van der Waals surface area (Å²) in [6.07, 6.45) is 3.18. The molecular formula is C16H24N4O3. The highest BCUT2D eigenvalue weighted by Gasteiger charge is 2.26. The number of amides is 1. The van der Waals surface area contributed by atoms with Crippen LogP contribution in [0.4, 0.5) is 0 Å². The fourth-order valence-corrected chi connectivity index (χ4v) is 3.23. The number of hydrogen-bond acceptors (Lipinski definition) is 5. The van der Waals surface area contributed by atoms with Crippen molar-refractivity contribution < 1.29 is 9.53 Å². The molecule has 0 saturated carbocycles. The summed E-state index contributed by atoms with van der Waals surface area (Å²) in [5, 5.41) is 0.